The number of carbonyl (C=O) groups is 1. The lowest BCUT2D eigenvalue weighted by molar-refractivity contribution is 0.0452. The molecule has 0 amide bonds. The quantitative estimate of drug-likeness (QED) is 0.771. The number of ether oxygens (including phenoxy) is 1. The molecule has 0 radical (unpaired) electrons. The van der Waals surface area contributed by atoms with Gasteiger partial charge in [-0.05, 0) is 5.56 Å². The highest BCUT2D eigenvalue weighted by Gasteiger charge is 2.16. The molecule has 2 rings (SSSR count). The average Bonchev–Trinajstić information content (AvgIpc) is 2.89. The first-order valence-corrected chi connectivity index (χ1v) is 5.82. The number of nitrogens with zero attached hydrogens (tertiary/aromatic N) is 2. The fourth-order valence-corrected chi connectivity index (χ4v) is 1.64. The largest absolute Gasteiger partial charge is 0.455 e. The summed E-state index contributed by atoms with van der Waals surface area (Å²) in [6.45, 7) is 0.0281. The molecule has 1 aromatic heterocycles. The number of hydrogen-bond acceptors (Lipinski definition) is 5. The second kappa shape index (κ2) is 6.12. The minimum Gasteiger partial charge on any atom is -0.455 e. The summed E-state index contributed by atoms with van der Waals surface area (Å²) in [5.41, 5.74) is 6.78. The van der Waals surface area contributed by atoms with Crippen LogP contribution in [0.2, 0.25) is 0 Å². The molecule has 0 saturated carbocycles. The first kappa shape index (κ1) is 13.3. The van der Waals surface area contributed by atoms with Gasteiger partial charge >= 0.3 is 5.97 Å². The molecule has 1 heterocycles. The molecule has 100 valence electrons. The van der Waals surface area contributed by atoms with Gasteiger partial charge in [0.15, 0.2) is 0 Å². The lowest BCUT2D eigenvalue weighted by Gasteiger charge is -2.05. The van der Waals surface area contributed by atoms with Gasteiger partial charge in [-0.2, -0.15) is 0 Å². The predicted molar refractivity (Wildman–Crippen MR) is 67.9 cm³/mol. The monoisotopic (exact) mass is 261 g/mol. The van der Waals surface area contributed by atoms with E-state index in [4.69, 9.17) is 15.6 Å². The van der Waals surface area contributed by atoms with Gasteiger partial charge in [0.25, 0.3) is 0 Å². The van der Waals surface area contributed by atoms with E-state index in [0.717, 1.165) is 5.56 Å². The van der Waals surface area contributed by atoms with Gasteiger partial charge in [-0.3, -0.25) is 0 Å². The first-order valence-electron chi connectivity index (χ1n) is 5.82. The Balaban J connectivity index is 2.05. The molecule has 0 bridgehead atoms. The molecule has 19 heavy (non-hydrogen) atoms. The summed E-state index contributed by atoms with van der Waals surface area (Å²) < 4.78 is 6.60. The average molecular weight is 261 g/mol. The molecular weight excluding hydrogens is 246 g/mol. The Morgan fingerprint density at radius 2 is 2.11 bits per heavy atom. The van der Waals surface area contributed by atoms with E-state index in [2.05, 4.69) is 4.98 Å². The van der Waals surface area contributed by atoms with Crippen LogP contribution in [-0.4, -0.2) is 20.6 Å². The summed E-state index contributed by atoms with van der Waals surface area (Å²) in [5, 5.41) is 8.99. The number of nitrogens with two attached hydrogens (primary N) is 1. The summed E-state index contributed by atoms with van der Waals surface area (Å²) in [5.74, 6) is -0.462. The third-order valence-electron chi connectivity index (χ3n) is 2.58. The van der Waals surface area contributed by atoms with Crippen molar-refractivity contribution in [1.82, 2.24) is 9.55 Å². The van der Waals surface area contributed by atoms with Crippen molar-refractivity contribution < 1.29 is 14.6 Å². The molecule has 6 nitrogen and oxygen atoms in total. The molecular formula is C13H15N3O3. The van der Waals surface area contributed by atoms with E-state index < -0.39 is 5.97 Å². The lowest BCUT2D eigenvalue weighted by atomic mass is 10.2. The number of hydrogen-bond donors (Lipinski definition) is 2. The normalized spacial score (nSPS) is 10.4. The second-order valence-corrected chi connectivity index (χ2v) is 3.93. The Bertz CT molecular complexity index is 552. The van der Waals surface area contributed by atoms with Crippen molar-refractivity contribution in [3.63, 3.8) is 0 Å². The number of benzene rings is 1. The Morgan fingerprint density at radius 1 is 1.37 bits per heavy atom. The molecule has 0 unspecified atom stereocenters. The van der Waals surface area contributed by atoms with Crippen LogP contribution >= 0.6 is 0 Å². The molecule has 3 N–H and O–H groups in total. The van der Waals surface area contributed by atoms with Crippen LogP contribution in [0.1, 0.15) is 21.9 Å². The standard InChI is InChI=1S/C13H15N3O3/c14-9-16-6-11(7-17)15-12(16)13(18)19-8-10-4-2-1-3-5-10/h1-6,17H,7-9,14H2. The van der Waals surface area contributed by atoms with Gasteiger partial charge in [-0.25, -0.2) is 9.78 Å². The Hall–Kier alpha value is -2.18. The van der Waals surface area contributed by atoms with Crippen LogP contribution in [0.25, 0.3) is 0 Å². The molecule has 6 heteroatoms. The minimum atomic E-state index is -0.561. The molecule has 0 aliphatic carbocycles. The van der Waals surface area contributed by atoms with Crippen LogP contribution in [-0.2, 0) is 24.6 Å². The summed E-state index contributed by atoms with van der Waals surface area (Å²) in [6.07, 6.45) is 1.53. The van der Waals surface area contributed by atoms with E-state index in [1.807, 2.05) is 30.3 Å². The number of aliphatic hydroxyl groups is 1. The topological polar surface area (TPSA) is 90.4 Å². The van der Waals surface area contributed by atoms with E-state index in [-0.39, 0.29) is 25.7 Å². The molecule has 0 atom stereocenters. The van der Waals surface area contributed by atoms with Crippen LogP contribution in [0, 0.1) is 0 Å². The molecule has 0 saturated heterocycles. The minimum absolute atomic E-state index is 0.0995. The van der Waals surface area contributed by atoms with E-state index in [1.54, 1.807) is 0 Å². The number of rotatable bonds is 5. The van der Waals surface area contributed by atoms with Crippen molar-refractivity contribution in [3.8, 4) is 0 Å². The predicted octanol–water partition coefficient (Wildman–Crippen LogP) is 0.649. The van der Waals surface area contributed by atoms with Gasteiger partial charge in [0.2, 0.25) is 5.82 Å². The maximum atomic E-state index is 11.9. The van der Waals surface area contributed by atoms with Crippen LogP contribution < -0.4 is 5.73 Å². The molecule has 2 aromatic rings. The second-order valence-electron chi connectivity index (χ2n) is 3.93. The van der Waals surface area contributed by atoms with Gasteiger partial charge in [-0.1, -0.05) is 30.3 Å². The van der Waals surface area contributed by atoms with E-state index in [9.17, 15) is 4.79 Å². The molecule has 0 fully saturated rings. The lowest BCUT2D eigenvalue weighted by Crippen LogP contribution is -2.16. The summed E-state index contributed by atoms with van der Waals surface area (Å²) in [6, 6.07) is 9.35. The maximum absolute atomic E-state index is 11.9. The molecule has 0 aliphatic rings. The summed E-state index contributed by atoms with van der Waals surface area (Å²) in [7, 11) is 0. The van der Waals surface area contributed by atoms with Crippen molar-refractivity contribution >= 4 is 5.97 Å². The van der Waals surface area contributed by atoms with E-state index in [1.165, 1.54) is 10.8 Å². The third-order valence-corrected chi connectivity index (χ3v) is 2.58. The number of carbonyl (C=O) groups excluding carboxylic acids is 1. The van der Waals surface area contributed by atoms with Crippen molar-refractivity contribution in [2.75, 3.05) is 0 Å². The highest BCUT2D eigenvalue weighted by atomic mass is 16.5. The Morgan fingerprint density at radius 3 is 2.74 bits per heavy atom. The zero-order valence-corrected chi connectivity index (χ0v) is 10.3. The number of esters is 1. The van der Waals surface area contributed by atoms with Crippen LogP contribution in [0.5, 0.6) is 0 Å². The zero-order valence-electron chi connectivity index (χ0n) is 10.3. The van der Waals surface area contributed by atoms with Crippen LogP contribution in [0.4, 0.5) is 0 Å². The van der Waals surface area contributed by atoms with Crippen molar-refractivity contribution in [2.45, 2.75) is 19.9 Å². The molecule has 1 aromatic carbocycles. The van der Waals surface area contributed by atoms with E-state index >= 15 is 0 Å². The van der Waals surface area contributed by atoms with Gasteiger partial charge in [0.1, 0.15) is 6.61 Å². The SMILES string of the molecule is NCn1cc(CO)nc1C(=O)OCc1ccccc1. The number of imidazole rings is 1. The Kier molecular flexibility index (Phi) is 4.27. The van der Waals surface area contributed by atoms with Crippen LogP contribution in [0.3, 0.4) is 0 Å². The molecule has 0 spiro atoms. The van der Waals surface area contributed by atoms with Gasteiger partial charge in [0.05, 0.1) is 19.0 Å². The summed E-state index contributed by atoms with van der Waals surface area (Å²) in [4.78, 5) is 15.9. The maximum Gasteiger partial charge on any atom is 0.374 e. The fraction of sp³-hybridized carbons (Fsp3) is 0.231. The Labute approximate surface area is 110 Å². The van der Waals surface area contributed by atoms with Gasteiger partial charge < -0.3 is 20.1 Å². The highest BCUT2D eigenvalue weighted by molar-refractivity contribution is 5.85. The zero-order chi connectivity index (χ0) is 13.7. The number of aliphatic hydroxyl groups excluding tert-OH is 1. The first-order chi connectivity index (χ1) is 9.24. The third kappa shape index (κ3) is 3.18. The van der Waals surface area contributed by atoms with Gasteiger partial charge in [-0.15, -0.1) is 0 Å². The fourth-order valence-electron chi connectivity index (χ4n) is 1.64. The van der Waals surface area contributed by atoms with Crippen molar-refractivity contribution in [3.05, 3.63) is 53.6 Å². The van der Waals surface area contributed by atoms with Crippen molar-refractivity contribution in [1.29, 1.82) is 0 Å². The smallest absolute Gasteiger partial charge is 0.374 e. The number of aromatic nitrogens is 2. The highest BCUT2D eigenvalue weighted by Crippen LogP contribution is 2.07. The summed E-state index contributed by atoms with van der Waals surface area (Å²) >= 11 is 0. The van der Waals surface area contributed by atoms with Crippen LogP contribution in [0.15, 0.2) is 36.5 Å². The van der Waals surface area contributed by atoms with E-state index in [0.29, 0.717) is 5.69 Å². The van der Waals surface area contributed by atoms with Crippen molar-refractivity contribution in [2.24, 2.45) is 5.73 Å². The van der Waals surface area contributed by atoms with Gasteiger partial charge in [0, 0.05) is 6.20 Å². The molecule has 0 aliphatic heterocycles.